The van der Waals surface area contributed by atoms with E-state index < -0.39 is 12.4 Å². The molecule has 0 unspecified atom stereocenters. The monoisotopic (exact) mass is 263 g/mol. The summed E-state index contributed by atoms with van der Waals surface area (Å²) < 4.78 is 36.7. The molecule has 0 aromatic carbocycles. The number of rotatable bonds is 3. The molecular weight excluding hydrogens is 249 g/mol. The molecular formula is C8H14BF3KNS. The Hall–Kier alpha value is 1.54. The van der Waals surface area contributed by atoms with E-state index in [1.165, 1.54) is 0 Å². The van der Waals surface area contributed by atoms with Crippen LogP contribution in [0.1, 0.15) is 6.42 Å². The standard InChI is InChI=1S/C8H14BF3NS.K/c1-8(9(10,11)12)7-13-3-2-5-14-6-4-13;/h1-7H2;/q-1;+1. The summed E-state index contributed by atoms with van der Waals surface area (Å²) in [5.74, 6) is 1.98. The molecule has 1 aliphatic rings. The fourth-order valence-corrected chi connectivity index (χ4v) is 2.27. The predicted molar refractivity (Wildman–Crippen MR) is 56.6 cm³/mol. The molecule has 7 heteroatoms. The molecule has 0 atom stereocenters. The number of hydrogen-bond donors (Lipinski definition) is 0. The van der Waals surface area contributed by atoms with Crippen molar-refractivity contribution in [2.24, 2.45) is 0 Å². The minimum absolute atomic E-state index is 0. The molecule has 1 nitrogen and oxygen atoms in total. The second-order valence-corrected chi connectivity index (χ2v) is 4.70. The van der Waals surface area contributed by atoms with Gasteiger partial charge in [0.1, 0.15) is 0 Å². The smallest absolute Gasteiger partial charge is 0.445 e. The van der Waals surface area contributed by atoms with E-state index in [9.17, 15) is 12.9 Å². The van der Waals surface area contributed by atoms with Crippen LogP contribution in [0.3, 0.4) is 0 Å². The second-order valence-electron chi connectivity index (χ2n) is 3.48. The molecule has 0 saturated carbocycles. The molecule has 15 heavy (non-hydrogen) atoms. The van der Waals surface area contributed by atoms with Gasteiger partial charge in [-0.3, -0.25) is 0 Å². The van der Waals surface area contributed by atoms with Crippen LogP contribution in [0, 0.1) is 0 Å². The molecule has 0 aromatic rings. The number of halogens is 3. The van der Waals surface area contributed by atoms with Gasteiger partial charge < -0.3 is 17.8 Å². The van der Waals surface area contributed by atoms with Gasteiger partial charge in [-0.2, -0.15) is 11.8 Å². The molecule has 82 valence electrons. The van der Waals surface area contributed by atoms with Crippen molar-refractivity contribution in [2.75, 3.05) is 31.1 Å². The van der Waals surface area contributed by atoms with Crippen molar-refractivity contribution in [3.8, 4) is 0 Å². The maximum Gasteiger partial charge on any atom is 1.00 e. The second kappa shape index (κ2) is 7.79. The van der Waals surface area contributed by atoms with Crippen molar-refractivity contribution in [1.82, 2.24) is 4.90 Å². The van der Waals surface area contributed by atoms with Gasteiger partial charge >= 0.3 is 58.4 Å². The average Bonchev–Trinajstić information content (AvgIpc) is 2.31. The number of thioether (sulfide) groups is 1. The Kier molecular flexibility index (Phi) is 8.59. The summed E-state index contributed by atoms with van der Waals surface area (Å²) in [6.45, 7) is -0.249. The number of hydrogen-bond acceptors (Lipinski definition) is 2. The Morgan fingerprint density at radius 1 is 1.27 bits per heavy atom. The third-order valence-electron chi connectivity index (χ3n) is 2.20. The summed E-state index contributed by atoms with van der Waals surface area (Å²) >= 11 is 1.81. The zero-order valence-corrected chi connectivity index (χ0v) is 13.0. The molecule has 0 N–H and O–H groups in total. The minimum Gasteiger partial charge on any atom is -0.445 e. The van der Waals surface area contributed by atoms with Crippen molar-refractivity contribution in [3.63, 3.8) is 0 Å². The third-order valence-corrected chi connectivity index (χ3v) is 3.25. The SMILES string of the molecule is C=C(CN1CCCSCC1)[B-](F)(F)F.[K+]. The molecule has 1 aliphatic heterocycles. The van der Waals surface area contributed by atoms with Gasteiger partial charge in [0.25, 0.3) is 0 Å². The minimum atomic E-state index is -4.85. The van der Waals surface area contributed by atoms with Crippen molar-refractivity contribution < 1.29 is 64.3 Å². The van der Waals surface area contributed by atoms with Crippen molar-refractivity contribution in [1.29, 1.82) is 0 Å². The van der Waals surface area contributed by atoms with E-state index in [1.807, 2.05) is 4.90 Å². The van der Waals surface area contributed by atoms with Crippen molar-refractivity contribution in [3.05, 3.63) is 12.1 Å². The van der Waals surface area contributed by atoms with Gasteiger partial charge in [-0.1, -0.05) is 0 Å². The third kappa shape index (κ3) is 6.75. The molecule has 0 spiro atoms. The molecule has 0 bridgehead atoms. The van der Waals surface area contributed by atoms with Crippen molar-refractivity contribution >= 4 is 18.7 Å². The molecule has 0 amide bonds. The van der Waals surface area contributed by atoms with E-state index in [1.54, 1.807) is 11.8 Å². The van der Waals surface area contributed by atoms with Crippen LogP contribution < -0.4 is 51.4 Å². The molecule has 0 radical (unpaired) electrons. The van der Waals surface area contributed by atoms with Gasteiger partial charge in [-0.15, -0.1) is 12.1 Å². The largest absolute Gasteiger partial charge is 1.00 e. The van der Waals surface area contributed by atoms with E-state index in [-0.39, 0.29) is 57.9 Å². The maximum absolute atomic E-state index is 12.2. The Labute approximate surface area is 136 Å². The molecule has 1 fully saturated rings. The van der Waals surface area contributed by atoms with Crippen molar-refractivity contribution in [2.45, 2.75) is 6.42 Å². The Bertz CT molecular complexity index is 205. The topological polar surface area (TPSA) is 3.24 Å². The van der Waals surface area contributed by atoms with Crippen LogP contribution in [0.2, 0.25) is 0 Å². The predicted octanol–water partition coefficient (Wildman–Crippen LogP) is -0.628. The molecule has 0 aromatic heterocycles. The summed E-state index contributed by atoms with van der Waals surface area (Å²) in [6, 6.07) is 0. The first-order valence-electron chi connectivity index (χ1n) is 4.68. The van der Waals surface area contributed by atoms with Crippen LogP contribution in [-0.4, -0.2) is 43.0 Å². The molecule has 0 aliphatic carbocycles. The van der Waals surface area contributed by atoms with Gasteiger partial charge in [0.05, 0.1) is 0 Å². The first kappa shape index (κ1) is 16.5. The summed E-state index contributed by atoms with van der Waals surface area (Å²) in [7, 11) is 0. The number of nitrogens with zero attached hydrogens (tertiary/aromatic N) is 1. The van der Waals surface area contributed by atoms with Crippen LogP contribution in [-0.2, 0) is 0 Å². The Morgan fingerprint density at radius 2 is 1.93 bits per heavy atom. The first-order valence-corrected chi connectivity index (χ1v) is 5.83. The van der Waals surface area contributed by atoms with Gasteiger partial charge in [0, 0.05) is 12.3 Å². The summed E-state index contributed by atoms with van der Waals surface area (Å²) in [5.41, 5.74) is -0.572. The van der Waals surface area contributed by atoms with Crippen LogP contribution >= 0.6 is 11.8 Å². The summed E-state index contributed by atoms with van der Waals surface area (Å²) in [4.78, 5) is 1.84. The zero-order chi connectivity index (χ0) is 10.6. The quantitative estimate of drug-likeness (QED) is 0.624. The van der Waals surface area contributed by atoms with Gasteiger partial charge in [0.2, 0.25) is 0 Å². The van der Waals surface area contributed by atoms with Crippen LogP contribution in [0.15, 0.2) is 12.1 Å². The molecule has 1 heterocycles. The van der Waals surface area contributed by atoms with E-state index in [2.05, 4.69) is 6.58 Å². The fraction of sp³-hybridized carbons (Fsp3) is 0.750. The normalized spacial score (nSPS) is 19.1. The maximum atomic E-state index is 12.2. The van der Waals surface area contributed by atoms with Crippen LogP contribution in [0.25, 0.3) is 0 Å². The van der Waals surface area contributed by atoms with Crippen LogP contribution in [0.5, 0.6) is 0 Å². The summed E-state index contributed by atoms with van der Waals surface area (Å²) in [5, 5.41) is 0. The fourth-order valence-electron chi connectivity index (χ4n) is 1.35. The van der Waals surface area contributed by atoms with Gasteiger partial charge in [-0.05, 0) is 25.3 Å². The molecule has 1 rings (SSSR count). The van der Waals surface area contributed by atoms with E-state index in [0.717, 1.165) is 31.0 Å². The van der Waals surface area contributed by atoms with Gasteiger partial charge in [0.15, 0.2) is 0 Å². The summed E-state index contributed by atoms with van der Waals surface area (Å²) in [6.07, 6.45) is 0.975. The Balaban J connectivity index is 0.00000196. The Morgan fingerprint density at radius 3 is 2.53 bits per heavy atom. The van der Waals surface area contributed by atoms with E-state index in [0.29, 0.717) is 0 Å². The average molecular weight is 263 g/mol. The zero-order valence-electron chi connectivity index (χ0n) is 9.02. The van der Waals surface area contributed by atoms with E-state index >= 15 is 0 Å². The first-order chi connectivity index (χ1) is 6.50. The van der Waals surface area contributed by atoms with Crippen LogP contribution in [0.4, 0.5) is 12.9 Å². The van der Waals surface area contributed by atoms with E-state index in [4.69, 9.17) is 0 Å². The molecule has 1 saturated heterocycles. The van der Waals surface area contributed by atoms with Gasteiger partial charge in [-0.25, -0.2) is 0 Å².